The molecule has 0 aliphatic heterocycles. The first-order valence-electron chi connectivity index (χ1n) is 14.5. The third kappa shape index (κ3) is 6.45. The summed E-state index contributed by atoms with van der Waals surface area (Å²) in [6.45, 7) is 1.80. The van der Waals surface area contributed by atoms with Crippen LogP contribution >= 0.6 is 0 Å². The molecule has 3 aromatic rings. The lowest BCUT2D eigenvalue weighted by molar-refractivity contribution is -0.274. The molecule has 2 aliphatic rings. The van der Waals surface area contributed by atoms with Gasteiger partial charge in [-0.2, -0.15) is 0 Å². The molecule has 1 saturated carbocycles. The van der Waals surface area contributed by atoms with Crippen LogP contribution in [0.25, 0.3) is 0 Å². The molecule has 42 heavy (non-hydrogen) atoms. The summed E-state index contributed by atoms with van der Waals surface area (Å²) in [6, 6.07) is 8.25. The highest BCUT2D eigenvalue weighted by Gasteiger charge is 2.35. The average molecular weight is 597 g/mol. The molecule has 0 spiro atoms. The van der Waals surface area contributed by atoms with Crippen LogP contribution in [0.5, 0.6) is 5.75 Å². The smallest absolute Gasteiger partial charge is 0.406 e. The number of aryl methyl sites for hydroxylation is 1. The molecule has 226 valence electrons. The molecular formula is C33H32F8O. The van der Waals surface area contributed by atoms with Crippen LogP contribution in [0.3, 0.4) is 0 Å². The van der Waals surface area contributed by atoms with Crippen molar-refractivity contribution in [1.82, 2.24) is 0 Å². The number of alkyl halides is 3. The predicted octanol–water partition coefficient (Wildman–Crippen LogP) is 10.0. The van der Waals surface area contributed by atoms with Crippen molar-refractivity contribution in [3.05, 3.63) is 98.9 Å². The second-order valence-corrected chi connectivity index (χ2v) is 11.5. The van der Waals surface area contributed by atoms with Gasteiger partial charge in [-0.1, -0.05) is 19.1 Å². The van der Waals surface area contributed by atoms with Crippen molar-refractivity contribution < 1.29 is 39.9 Å². The van der Waals surface area contributed by atoms with Crippen molar-refractivity contribution in [3.8, 4) is 5.75 Å². The van der Waals surface area contributed by atoms with Crippen LogP contribution in [0.2, 0.25) is 0 Å². The first kappa shape index (κ1) is 30.4. The van der Waals surface area contributed by atoms with Gasteiger partial charge in [0, 0.05) is 11.1 Å². The summed E-state index contributed by atoms with van der Waals surface area (Å²) in [5.74, 6) is -5.13. The van der Waals surface area contributed by atoms with Crippen molar-refractivity contribution >= 4 is 0 Å². The maximum atomic E-state index is 15.7. The lowest BCUT2D eigenvalue weighted by atomic mass is 9.73. The molecule has 0 N–H and O–H groups in total. The fraction of sp³-hybridized carbons (Fsp3) is 0.455. The number of rotatable bonds is 7. The number of hydrogen-bond acceptors (Lipinski definition) is 1. The Kier molecular flexibility index (Phi) is 8.86. The summed E-state index contributed by atoms with van der Waals surface area (Å²) in [6.07, 6.45) is -1.03. The van der Waals surface area contributed by atoms with E-state index in [1.165, 1.54) is 24.3 Å². The van der Waals surface area contributed by atoms with E-state index in [4.69, 9.17) is 0 Å². The van der Waals surface area contributed by atoms with E-state index < -0.39 is 41.4 Å². The van der Waals surface area contributed by atoms with E-state index in [0.29, 0.717) is 50.5 Å². The molecule has 0 heterocycles. The number of fused-ring (bicyclic) bond motifs is 1. The lowest BCUT2D eigenvalue weighted by Crippen LogP contribution is -2.23. The summed E-state index contributed by atoms with van der Waals surface area (Å²) in [4.78, 5) is 0. The minimum Gasteiger partial charge on any atom is -0.406 e. The first-order valence-corrected chi connectivity index (χ1v) is 14.5. The second kappa shape index (κ2) is 12.3. The van der Waals surface area contributed by atoms with Crippen molar-refractivity contribution in [1.29, 1.82) is 0 Å². The van der Waals surface area contributed by atoms with Crippen LogP contribution in [0.1, 0.15) is 90.7 Å². The van der Waals surface area contributed by atoms with Gasteiger partial charge in [-0.05, 0) is 128 Å². The molecule has 9 heteroatoms. The van der Waals surface area contributed by atoms with E-state index in [1.54, 1.807) is 19.1 Å². The SMILES string of the molecule is CCc1cc(F)c(CCC2CCc3c(F)c(C4CCC(c5ccc(OC(F)(F)F)cc5)CC4)c(F)c(F)c3C2)c(F)c1. The quantitative estimate of drug-likeness (QED) is 0.195. The minimum atomic E-state index is -4.78. The average Bonchev–Trinajstić information content (AvgIpc) is 2.95. The van der Waals surface area contributed by atoms with Crippen LogP contribution in [0, 0.1) is 35.0 Å². The largest absolute Gasteiger partial charge is 0.573 e. The van der Waals surface area contributed by atoms with Crippen LogP contribution < -0.4 is 4.74 Å². The Morgan fingerprint density at radius 2 is 1.38 bits per heavy atom. The molecule has 2 aliphatic carbocycles. The van der Waals surface area contributed by atoms with Crippen LogP contribution in [-0.2, 0) is 25.7 Å². The molecule has 0 saturated heterocycles. The van der Waals surface area contributed by atoms with Crippen LogP contribution in [-0.4, -0.2) is 6.36 Å². The van der Waals surface area contributed by atoms with Gasteiger partial charge < -0.3 is 4.74 Å². The summed E-state index contributed by atoms with van der Waals surface area (Å²) >= 11 is 0. The van der Waals surface area contributed by atoms with E-state index in [0.717, 1.165) is 5.56 Å². The molecule has 1 unspecified atom stereocenters. The Morgan fingerprint density at radius 3 is 1.98 bits per heavy atom. The molecule has 1 atom stereocenters. The Balaban J connectivity index is 1.25. The van der Waals surface area contributed by atoms with Crippen molar-refractivity contribution in [2.45, 2.75) is 89.3 Å². The fourth-order valence-corrected chi connectivity index (χ4v) is 6.70. The highest BCUT2D eigenvalue weighted by molar-refractivity contribution is 5.41. The van der Waals surface area contributed by atoms with E-state index in [1.807, 2.05) is 0 Å². The minimum absolute atomic E-state index is 0.00314. The molecule has 0 radical (unpaired) electrons. The van der Waals surface area contributed by atoms with Crippen molar-refractivity contribution in [3.63, 3.8) is 0 Å². The van der Waals surface area contributed by atoms with E-state index in [-0.39, 0.29) is 59.1 Å². The number of ether oxygens (including phenoxy) is 1. The van der Waals surface area contributed by atoms with Gasteiger partial charge in [0.05, 0.1) is 0 Å². The summed E-state index contributed by atoms with van der Waals surface area (Å²) < 4.78 is 117. The third-order valence-corrected chi connectivity index (χ3v) is 8.99. The van der Waals surface area contributed by atoms with Gasteiger partial charge in [-0.15, -0.1) is 13.2 Å². The predicted molar refractivity (Wildman–Crippen MR) is 143 cm³/mol. The van der Waals surface area contributed by atoms with Crippen molar-refractivity contribution in [2.75, 3.05) is 0 Å². The van der Waals surface area contributed by atoms with Gasteiger partial charge in [-0.3, -0.25) is 0 Å². The van der Waals surface area contributed by atoms with E-state index in [9.17, 15) is 22.0 Å². The van der Waals surface area contributed by atoms with Crippen LogP contribution in [0.15, 0.2) is 36.4 Å². The maximum absolute atomic E-state index is 15.7. The second-order valence-electron chi connectivity index (χ2n) is 11.5. The van der Waals surface area contributed by atoms with Gasteiger partial charge >= 0.3 is 6.36 Å². The molecule has 0 bridgehead atoms. The van der Waals surface area contributed by atoms with Gasteiger partial charge in [0.1, 0.15) is 23.2 Å². The summed E-state index contributed by atoms with van der Waals surface area (Å²) in [5.41, 5.74) is 1.33. The third-order valence-electron chi connectivity index (χ3n) is 8.99. The normalized spacial score (nSPS) is 20.8. The zero-order chi connectivity index (χ0) is 30.2. The molecule has 0 amide bonds. The summed E-state index contributed by atoms with van der Waals surface area (Å²) in [5, 5.41) is 0. The van der Waals surface area contributed by atoms with Gasteiger partial charge in [0.25, 0.3) is 0 Å². The van der Waals surface area contributed by atoms with E-state index in [2.05, 4.69) is 4.74 Å². The Labute approximate surface area is 239 Å². The van der Waals surface area contributed by atoms with Gasteiger partial charge in [0.15, 0.2) is 11.6 Å². The topological polar surface area (TPSA) is 9.23 Å². The molecule has 1 nitrogen and oxygen atoms in total. The Bertz CT molecular complexity index is 1400. The number of benzene rings is 3. The van der Waals surface area contributed by atoms with Crippen LogP contribution in [0.4, 0.5) is 35.1 Å². The summed E-state index contributed by atoms with van der Waals surface area (Å²) in [7, 11) is 0. The Hall–Kier alpha value is -3.10. The number of halogens is 8. The van der Waals surface area contributed by atoms with E-state index >= 15 is 13.2 Å². The molecular weight excluding hydrogens is 564 g/mol. The highest BCUT2D eigenvalue weighted by Crippen LogP contribution is 2.45. The highest BCUT2D eigenvalue weighted by atomic mass is 19.4. The lowest BCUT2D eigenvalue weighted by Gasteiger charge is -2.32. The molecule has 3 aromatic carbocycles. The van der Waals surface area contributed by atoms with Gasteiger partial charge in [0.2, 0.25) is 0 Å². The molecule has 0 aromatic heterocycles. The maximum Gasteiger partial charge on any atom is 0.573 e. The van der Waals surface area contributed by atoms with Crippen molar-refractivity contribution in [2.24, 2.45) is 5.92 Å². The zero-order valence-corrected chi connectivity index (χ0v) is 23.2. The zero-order valence-electron chi connectivity index (χ0n) is 23.2. The monoisotopic (exact) mass is 596 g/mol. The molecule has 5 rings (SSSR count). The Morgan fingerprint density at radius 1 is 0.762 bits per heavy atom. The first-order chi connectivity index (χ1) is 19.9. The molecule has 1 fully saturated rings. The number of hydrogen-bond donors (Lipinski definition) is 0. The standard InChI is InChI=1S/C33H32F8O/c1-2-18-16-27(34)25(28(35)17-18)14-4-19-3-13-24-26(15-19)31(37)32(38)29(30(24)36)22-7-5-20(6-8-22)21-9-11-23(12-10-21)42-33(39,40)41/h9-12,16-17,19-20,22H,2-8,13-15H2,1H3. The fourth-order valence-electron chi connectivity index (χ4n) is 6.70. The van der Waals surface area contributed by atoms with Gasteiger partial charge in [-0.25, -0.2) is 22.0 Å².